The van der Waals surface area contributed by atoms with E-state index in [0.29, 0.717) is 23.0 Å². The highest BCUT2D eigenvalue weighted by atomic mass is 35.5. The number of likely N-dealkylation sites (N-methyl/N-ethyl adjacent to an activating group) is 1. The number of thioether (sulfide) groups is 1. The maximum Gasteiger partial charge on any atom is 0.282 e. The van der Waals surface area contributed by atoms with E-state index in [-0.39, 0.29) is 30.1 Å². The Kier molecular flexibility index (Phi) is 5.68. The summed E-state index contributed by atoms with van der Waals surface area (Å²) in [5, 5.41) is 3.17. The first kappa shape index (κ1) is 16.6. The van der Waals surface area contributed by atoms with Gasteiger partial charge in [0, 0.05) is 30.1 Å². The summed E-state index contributed by atoms with van der Waals surface area (Å²) in [6.45, 7) is 0.507. The predicted molar refractivity (Wildman–Crippen MR) is 87.1 cm³/mol. The number of amides is 3. The second kappa shape index (κ2) is 7.51. The van der Waals surface area contributed by atoms with Crippen LogP contribution in [0.4, 0.5) is 10.5 Å². The van der Waals surface area contributed by atoms with Gasteiger partial charge in [-0.05, 0) is 24.3 Å². The average Bonchev–Trinajstić information content (AvgIpc) is 2.86. The van der Waals surface area contributed by atoms with E-state index >= 15 is 0 Å². The molecule has 1 aromatic rings. The molecule has 0 aromatic heterocycles. The maximum atomic E-state index is 12.0. The van der Waals surface area contributed by atoms with Gasteiger partial charge in [0.25, 0.3) is 5.24 Å². The normalized spacial score (nSPS) is 14.1. The number of carbonyl (C=O) groups is 3. The van der Waals surface area contributed by atoms with Gasteiger partial charge in [-0.25, -0.2) is 0 Å². The monoisotopic (exact) mass is 341 g/mol. The zero-order chi connectivity index (χ0) is 16.1. The highest BCUT2D eigenvalue weighted by Gasteiger charge is 2.25. The molecule has 1 heterocycles. The van der Waals surface area contributed by atoms with Crippen LogP contribution in [0.15, 0.2) is 24.3 Å². The lowest BCUT2D eigenvalue weighted by Crippen LogP contribution is -2.41. The molecule has 22 heavy (non-hydrogen) atoms. The van der Waals surface area contributed by atoms with E-state index < -0.39 is 0 Å². The van der Waals surface area contributed by atoms with E-state index in [9.17, 15) is 14.4 Å². The number of halogens is 1. The van der Waals surface area contributed by atoms with Gasteiger partial charge < -0.3 is 15.1 Å². The summed E-state index contributed by atoms with van der Waals surface area (Å²) in [6.07, 6.45) is 0. The molecule has 0 unspecified atom stereocenters. The number of nitrogens with zero attached hydrogens (tertiary/aromatic N) is 2. The lowest BCUT2D eigenvalue weighted by atomic mass is 10.3. The molecule has 6 nitrogen and oxygen atoms in total. The first-order valence-corrected chi connectivity index (χ1v) is 8.03. The van der Waals surface area contributed by atoms with Crippen molar-refractivity contribution in [1.82, 2.24) is 9.80 Å². The number of carbonyl (C=O) groups excluding carboxylic acids is 3. The third-order valence-electron chi connectivity index (χ3n) is 3.11. The molecule has 0 aliphatic carbocycles. The predicted octanol–water partition coefficient (Wildman–Crippen LogP) is 1.91. The minimum absolute atomic E-state index is 0.0105. The van der Waals surface area contributed by atoms with Crippen molar-refractivity contribution in [3.05, 3.63) is 29.3 Å². The summed E-state index contributed by atoms with van der Waals surface area (Å²) in [5.41, 5.74) is 0.612. The van der Waals surface area contributed by atoms with Crippen molar-refractivity contribution in [1.29, 1.82) is 0 Å². The Labute approximate surface area is 137 Å². The van der Waals surface area contributed by atoms with Crippen molar-refractivity contribution in [3.63, 3.8) is 0 Å². The van der Waals surface area contributed by atoms with Crippen LogP contribution in [-0.4, -0.2) is 59.3 Å². The van der Waals surface area contributed by atoms with E-state index in [1.54, 1.807) is 24.3 Å². The van der Waals surface area contributed by atoms with Gasteiger partial charge >= 0.3 is 0 Å². The highest BCUT2D eigenvalue weighted by Crippen LogP contribution is 2.17. The molecule has 3 amide bonds. The van der Waals surface area contributed by atoms with Crippen molar-refractivity contribution in [2.75, 3.05) is 37.8 Å². The fourth-order valence-electron chi connectivity index (χ4n) is 1.89. The Balaban J connectivity index is 1.81. The topological polar surface area (TPSA) is 69.7 Å². The summed E-state index contributed by atoms with van der Waals surface area (Å²) >= 11 is 6.97. The molecular formula is C14H16ClN3O3S. The smallest absolute Gasteiger partial charge is 0.282 e. The van der Waals surface area contributed by atoms with Crippen LogP contribution in [-0.2, 0) is 9.59 Å². The van der Waals surface area contributed by atoms with Gasteiger partial charge in [-0.3, -0.25) is 14.4 Å². The third-order valence-corrected chi connectivity index (χ3v) is 4.25. The lowest BCUT2D eigenvalue weighted by Gasteiger charge is -2.20. The third kappa shape index (κ3) is 4.64. The van der Waals surface area contributed by atoms with Crippen LogP contribution in [0.25, 0.3) is 0 Å². The van der Waals surface area contributed by atoms with Crippen LogP contribution >= 0.6 is 23.4 Å². The molecule has 1 N–H and O–H groups in total. The molecule has 1 aliphatic heterocycles. The Bertz CT molecular complexity index is 579. The van der Waals surface area contributed by atoms with Crippen LogP contribution in [0.1, 0.15) is 0 Å². The standard InChI is InChI=1S/C14H16ClN3O3S/c1-17(13(20)9-18-6-7-22-14(18)21)8-12(19)16-11-4-2-10(15)3-5-11/h2-5H,6-9H2,1H3,(H,16,19). The summed E-state index contributed by atoms with van der Waals surface area (Å²) in [5.74, 6) is 0.134. The number of benzene rings is 1. The SMILES string of the molecule is CN(CC(=O)Nc1ccc(Cl)cc1)C(=O)CN1CCSC1=O. The molecule has 118 valence electrons. The van der Waals surface area contributed by atoms with Gasteiger partial charge in [-0.1, -0.05) is 23.4 Å². The second-order valence-corrected chi connectivity index (χ2v) is 6.32. The zero-order valence-electron chi connectivity index (χ0n) is 12.0. The van der Waals surface area contributed by atoms with Gasteiger partial charge in [0.15, 0.2) is 0 Å². The molecule has 0 saturated carbocycles. The summed E-state index contributed by atoms with van der Waals surface area (Å²) in [7, 11) is 1.54. The number of anilines is 1. The Morgan fingerprint density at radius 3 is 2.64 bits per heavy atom. The highest BCUT2D eigenvalue weighted by molar-refractivity contribution is 8.13. The van der Waals surface area contributed by atoms with E-state index in [1.165, 1.54) is 28.6 Å². The maximum absolute atomic E-state index is 12.0. The van der Waals surface area contributed by atoms with Crippen molar-refractivity contribution < 1.29 is 14.4 Å². The van der Waals surface area contributed by atoms with Crippen LogP contribution in [0.2, 0.25) is 5.02 Å². The van der Waals surface area contributed by atoms with Crippen molar-refractivity contribution in [2.45, 2.75) is 0 Å². The Morgan fingerprint density at radius 2 is 2.05 bits per heavy atom. The van der Waals surface area contributed by atoms with Gasteiger partial charge in [0.1, 0.15) is 6.54 Å². The first-order valence-electron chi connectivity index (χ1n) is 6.67. The molecule has 8 heteroatoms. The largest absolute Gasteiger partial charge is 0.335 e. The van der Waals surface area contributed by atoms with Gasteiger partial charge in [0.2, 0.25) is 11.8 Å². The van der Waals surface area contributed by atoms with Crippen LogP contribution in [0.3, 0.4) is 0 Å². The van der Waals surface area contributed by atoms with Gasteiger partial charge in [0.05, 0.1) is 6.54 Å². The molecule has 0 bridgehead atoms. The molecule has 1 aromatic carbocycles. The minimum Gasteiger partial charge on any atom is -0.335 e. The molecule has 0 radical (unpaired) electrons. The summed E-state index contributed by atoms with van der Waals surface area (Å²) in [4.78, 5) is 38.1. The van der Waals surface area contributed by atoms with E-state index in [4.69, 9.17) is 11.6 Å². The Morgan fingerprint density at radius 1 is 1.36 bits per heavy atom. The zero-order valence-corrected chi connectivity index (χ0v) is 13.6. The molecular weight excluding hydrogens is 326 g/mol. The second-order valence-electron chi connectivity index (χ2n) is 4.84. The van der Waals surface area contributed by atoms with Crippen LogP contribution in [0, 0.1) is 0 Å². The van der Waals surface area contributed by atoms with Gasteiger partial charge in [-0.2, -0.15) is 0 Å². The van der Waals surface area contributed by atoms with E-state index in [1.807, 2.05) is 0 Å². The number of nitrogens with one attached hydrogen (secondary N) is 1. The van der Waals surface area contributed by atoms with Crippen LogP contribution < -0.4 is 5.32 Å². The van der Waals surface area contributed by atoms with E-state index in [0.717, 1.165) is 0 Å². The molecule has 1 saturated heterocycles. The lowest BCUT2D eigenvalue weighted by molar-refractivity contribution is -0.133. The van der Waals surface area contributed by atoms with Gasteiger partial charge in [-0.15, -0.1) is 0 Å². The number of rotatable bonds is 5. The summed E-state index contributed by atoms with van der Waals surface area (Å²) in [6, 6.07) is 6.70. The number of hydrogen-bond donors (Lipinski definition) is 1. The fraction of sp³-hybridized carbons (Fsp3) is 0.357. The minimum atomic E-state index is -0.305. The Hall–Kier alpha value is -1.73. The van der Waals surface area contributed by atoms with Crippen molar-refractivity contribution >= 4 is 46.1 Å². The van der Waals surface area contributed by atoms with Crippen molar-refractivity contribution in [3.8, 4) is 0 Å². The number of hydrogen-bond acceptors (Lipinski definition) is 4. The average molecular weight is 342 g/mol. The molecule has 1 fully saturated rings. The quantitative estimate of drug-likeness (QED) is 0.888. The molecule has 1 aliphatic rings. The molecule has 0 atom stereocenters. The fourth-order valence-corrected chi connectivity index (χ4v) is 2.84. The summed E-state index contributed by atoms with van der Waals surface area (Å²) < 4.78 is 0. The van der Waals surface area contributed by atoms with Crippen molar-refractivity contribution in [2.24, 2.45) is 0 Å². The van der Waals surface area contributed by atoms with E-state index in [2.05, 4.69) is 5.32 Å². The first-order chi connectivity index (χ1) is 10.5. The molecule has 2 rings (SSSR count). The van der Waals surface area contributed by atoms with Crippen LogP contribution in [0.5, 0.6) is 0 Å². The molecule has 0 spiro atoms.